The van der Waals surface area contributed by atoms with Crippen LogP contribution in [0.1, 0.15) is 29.5 Å². The second-order valence-electron chi connectivity index (χ2n) is 7.30. The van der Waals surface area contributed by atoms with Gasteiger partial charge in [-0.1, -0.05) is 18.2 Å². The van der Waals surface area contributed by atoms with Crippen LogP contribution < -0.4 is 0 Å². The quantitative estimate of drug-likeness (QED) is 0.528. The average molecular weight is 401 g/mol. The lowest BCUT2D eigenvalue weighted by atomic mass is 9.98. The van der Waals surface area contributed by atoms with Gasteiger partial charge in [-0.15, -0.1) is 0 Å². The minimum Gasteiger partial charge on any atom is -0.500 e. The first-order chi connectivity index (χ1) is 14.0. The van der Waals surface area contributed by atoms with Crippen LogP contribution in [0.5, 0.6) is 0 Å². The Morgan fingerprint density at radius 1 is 1.21 bits per heavy atom. The topological polar surface area (TPSA) is 49.8 Å². The maximum absolute atomic E-state index is 13.7. The van der Waals surface area contributed by atoms with Crippen LogP contribution in [-0.4, -0.2) is 42.2 Å². The van der Waals surface area contributed by atoms with Gasteiger partial charge in [-0.2, -0.15) is 0 Å². The van der Waals surface area contributed by atoms with Gasteiger partial charge in [-0.3, -0.25) is 9.69 Å². The number of piperidine rings is 1. The number of ether oxygens (including phenoxy) is 1. The van der Waals surface area contributed by atoms with Crippen LogP contribution in [0.15, 0.2) is 48.7 Å². The fourth-order valence-corrected chi connectivity index (χ4v) is 3.58. The number of halogens is 2. The van der Waals surface area contributed by atoms with Crippen LogP contribution in [0, 0.1) is 17.6 Å². The summed E-state index contributed by atoms with van der Waals surface area (Å²) in [5, 5.41) is 9.14. The van der Waals surface area contributed by atoms with E-state index in [1.54, 1.807) is 18.2 Å². The Balaban J connectivity index is 1.54. The summed E-state index contributed by atoms with van der Waals surface area (Å²) < 4.78 is 32.6. The molecule has 1 aliphatic rings. The van der Waals surface area contributed by atoms with E-state index in [1.165, 1.54) is 30.5 Å². The van der Waals surface area contributed by atoms with E-state index in [4.69, 9.17) is 9.84 Å². The fraction of sp³-hybridized carbons (Fsp3) is 0.348. The zero-order valence-corrected chi connectivity index (χ0v) is 16.2. The van der Waals surface area contributed by atoms with Crippen molar-refractivity contribution in [2.75, 3.05) is 26.2 Å². The van der Waals surface area contributed by atoms with Gasteiger partial charge >= 0.3 is 5.97 Å². The summed E-state index contributed by atoms with van der Waals surface area (Å²) in [6, 6.07) is 10.9. The Morgan fingerprint density at radius 2 is 2.03 bits per heavy atom. The third-order valence-corrected chi connectivity index (χ3v) is 5.12. The van der Waals surface area contributed by atoms with E-state index in [2.05, 4.69) is 4.90 Å². The van der Waals surface area contributed by atoms with E-state index in [0.717, 1.165) is 30.5 Å². The molecular weight excluding hydrogens is 376 g/mol. The summed E-state index contributed by atoms with van der Waals surface area (Å²) >= 11 is 0. The molecule has 0 radical (unpaired) electrons. The Hall–Kier alpha value is -2.73. The number of carboxylic acid groups (broad SMARTS) is 1. The highest BCUT2D eigenvalue weighted by Gasteiger charge is 2.24. The summed E-state index contributed by atoms with van der Waals surface area (Å²) in [6.07, 6.45) is 5.32. The molecule has 1 N–H and O–H groups in total. The van der Waals surface area contributed by atoms with Gasteiger partial charge in [0.05, 0.1) is 18.8 Å². The first-order valence-electron chi connectivity index (χ1n) is 9.77. The number of hydrogen-bond acceptors (Lipinski definition) is 3. The van der Waals surface area contributed by atoms with Crippen molar-refractivity contribution in [2.24, 2.45) is 5.92 Å². The van der Waals surface area contributed by atoms with E-state index in [1.807, 2.05) is 6.07 Å². The molecule has 0 saturated carbocycles. The molecule has 1 saturated heterocycles. The van der Waals surface area contributed by atoms with Crippen LogP contribution in [0.25, 0.3) is 6.08 Å². The second-order valence-corrected chi connectivity index (χ2v) is 7.30. The molecule has 2 aromatic rings. The average Bonchev–Trinajstić information content (AvgIpc) is 2.70. The highest BCUT2D eigenvalue weighted by Crippen LogP contribution is 2.19. The first-order valence-corrected chi connectivity index (χ1v) is 9.77. The van der Waals surface area contributed by atoms with E-state index < -0.39 is 5.97 Å². The van der Waals surface area contributed by atoms with Gasteiger partial charge in [0.1, 0.15) is 11.6 Å². The van der Waals surface area contributed by atoms with Crippen molar-refractivity contribution in [1.82, 2.24) is 4.90 Å². The lowest BCUT2D eigenvalue weighted by Crippen LogP contribution is -2.40. The molecule has 0 spiro atoms. The van der Waals surface area contributed by atoms with Gasteiger partial charge in [0.15, 0.2) is 0 Å². The van der Waals surface area contributed by atoms with Crippen LogP contribution >= 0.6 is 0 Å². The summed E-state index contributed by atoms with van der Waals surface area (Å²) in [7, 11) is 0. The molecule has 0 bridgehead atoms. The Kier molecular flexibility index (Phi) is 7.36. The molecular formula is C23H25F2NO3. The number of likely N-dealkylation sites (tertiary alicyclic amines) is 1. The molecule has 1 atom stereocenters. The second kappa shape index (κ2) is 10.2. The molecule has 0 amide bonds. The molecule has 2 aromatic carbocycles. The first kappa shape index (κ1) is 21.0. The number of benzene rings is 2. The molecule has 1 fully saturated rings. The maximum Gasteiger partial charge on any atom is 0.307 e. The highest BCUT2D eigenvalue weighted by molar-refractivity contribution is 5.70. The third kappa shape index (κ3) is 6.39. The fourth-order valence-electron chi connectivity index (χ4n) is 3.58. The molecule has 1 aliphatic heterocycles. The lowest BCUT2D eigenvalue weighted by molar-refractivity contribution is -0.143. The number of carboxylic acids is 1. The summed E-state index contributed by atoms with van der Waals surface area (Å²) in [5.74, 6) is -1.70. The van der Waals surface area contributed by atoms with Crippen LogP contribution in [-0.2, 0) is 16.0 Å². The van der Waals surface area contributed by atoms with Crippen molar-refractivity contribution >= 4 is 12.0 Å². The third-order valence-electron chi connectivity index (χ3n) is 5.12. The molecule has 0 aliphatic carbocycles. The van der Waals surface area contributed by atoms with E-state index in [9.17, 15) is 13.6 Å². The molecule has 3 rings (SSSR count). The van der Waals surface area contributed by atoms with Crippen molar-refractivity contribution in [3.05, 3.63) is 77.1 Å². The van der Waals surface area contributed by atoms with Gasteiger partial charge in [-0.05, 0) is 72.8 Å². The van der Waals surface area contributed by atoms with Crippen molar-refractivity contribution in [3.8, 4) is 0 Å². The van der Waals surface area contributed by atoms with Gasteiger partial charge in [-0.25, -0.2) is 8.78 Å². The number of nitrogens with zero attached hydrogens (tertiary/aromatic N) is 1. The van der Waals surface area contributed by atoms with Gasteiger partial charge in [0, 0.05) is 13.1 Å². The maximum atomic E-state index is 13.7. The number of rotatable bonds is 8. The Morgan fingerprint density at radius 3 is 2.83 bits per heavy atom. The predicted octanol–water partition coefficient (Wildman–Crippen LogP) is 4.34. The molecule has 6 heteroatoms. The van der Waals surface area contributed by atoms with Gasteiger partial charge in [0.25, 0.3) is 0 Å². The lowest BCUT2D eigenvalue weighted by Gasteiger charge is -2.30. The normalized spacial score (nSPS) is 17.5. The van der Waals surface area contributed by atoms with Crippen molar-refractivity contribution in [2.45, 2.75) is 19.3 Å². The molecule has 1 heterocycles. The van der Waals surface area contributed by atoms with Crippen molar-refractivity contribution in [3.63, 3.8) is 0 Å². The summed E-state index contributed by atoms with van der Waals surface area (Å²) in [5.41, 5.74) is 2.36. The number of hydrogen-bond donors (Lipinski definition) is 1. The van der Waals surface area contributed by atoms with Crippen LogP contribution in [0.2, 0.25) is 0 Å². The molecule has 4 nitrogen and oxygen atoms in total. The minimum atomic E-state index is -0.743. The standard InChI is InChI=1S/C23H25F2NO3/c24-21-5-1-3-17(14-21)13-18-6-7-22(25)15-19(18)8-11-29-12-10-26-9-2-4-20(16-26)23(27)28/h1,3,5-8,11,14-15,20H,2,4,9-10,12-13,16H2,(H,27,28)/b11-8+. The zero-order chi connectivity index (χ0) is 20.6. The number of carbonyl (C=O) groups is 1. The van der Waals surface area contributed by atoms with E-state index >= 15 is 0 Å². The van der Waals surface area contributed by atoms with E-state index in [0.29, 0.717) is 31.7 Å². The zero-order valence-electron chi connectivity index (χ0n) is 16.2. The highest BCUT2D eigenvalue weighted by atomic mass is 19.1. The minimum absolute atomic E-state index is 0.298. The summed E-state index contributed by atoms with van der Waals surface area (Å²) in [6.45, 7) is 2.49. The summed E-state index contributed by atoms with van der Waals surface area (Å²) in [4.78, 5) is 13.2. The molecule has 1 unspecified atom stereocenters. The molecule has 0 aromatic heterocycles. The van der Waals surface area contributed by atoms with Crippen molar-refractivity contribution < 1.29 is 23.4 Å². The van der Waals surface area contributed by atoms with Gasteiger partial charge in [0.2, 0.25) is 0 Å². The van der Waals surface area contributed by atoms with E-state index in [-0.39, 0.29) is 17.6 Å². The smallest absolute Gasteiger partial charge is 0.307 e. The van der Waals surface area contributed by atoms with Crippen molar-refractivity contribution in [1.29, 1.82) is 0 Å². The molecule has 29 heavy (non-hydrogen) atoms. The monoisotopic (exact) mass is 401 g/mol. The number of aliphatic carboxylic acids is 1. The predicted molar refractivity (Wildman–Crippen MR) is 107 cm³/mol. The molecule has 154 valence electrons. The van der Waals surface area contributed by atoms with Crippen LogP contribution in [0.3, 0.4) is 0 Å². The SMILES string of the molecule is O=C(O)C1CCCN(CCO/C=C/c2cc(F)ccc2Cc2cccc(F)c2)C1. The van der Waals surface area contributed by atoms with Crippen LogP contribution in [0.4, 0.5) is 8.78 Å². The Labute approximate surface area is 169 Å². The Bertz CT molecular complexity index is 869. The largest absolute Gasteiger partial charge is 0.500 e. The van der Waals surface area contributed by atoms with Gasteiger partial charge < -0.3 is 9.84 Å².